The third-order valence-electron chi connectivity index (χ3n) is 12.6. The van der Waals surface area contributed by atoms with Gasteiger partial charge in [0.25, 0.3) is 0 Å². The van der Waals surface area contributed by atoms with Gasteiger partial charge >= 0.3 is 0 Å². The smallest absolute Gasteiger partial charge is 0.0562 e. The second kappa shape index (κ2) is 14.0. The minimum atomic E-state index is 1.11. The molecule has 4 heteroatoms. The van der Waals surface area contributed by atoms with Gasteiger partial charge in [0.15, 0.2) is 0 Å². The van der Waals surface area contributed by atoms with Crippen LogP contribution in [0.4, 0.5) is 17.1 Å². The van der Waals surface area contributed by atoms with Gasteiger partial charge in [-0.2, -0.15) is 0 Å². The molecular formula is C58H36N2S2. The summed E-state index contributed by atoms with van der Waals surface area (Å²) in [6.07, 6.45) is 0. The van der Waals surface area contributed by atoms with Crippen LogP contribution in [0.25, 0.3) is 101 Å². The Kier molecular flexibility index (Phi) is 7.99. The van der Waals surface area contributed by atoms with Crippen LogP contribution in [0.3, 0.4) is 0 Å². The van der Waals surface area contributed by atoms with Crippen molar-refractivity contribution >= 4 is 113 Å². The fraction of sp³-hybridized carbons (Fsp3) is 0. The maximum Gasteiger partial charge on any atom is 0.0562 e. The number of benzene rings is 10. The Balaban J connectivity index is 1.09. The zero-order valence-electron chi connectivity index (χ0n) is 33.5. The summed E-state index contributed by atoms with van der Waals surface area (Å²) in [5.41, 5.74) is 11.8. The van der Waals surface area contributed by atoms with Crippen LogP contribution in [0.1, 0.15) is 0 Å². The molecule has 0 aliphatic rings. The summed E-state index contributed by atoms with van der Waals surface area (Å²) >= 11 is 3.78. The van der Waals surface area contributed by atoms with Gasteiger partial charge in [-0.1, -0.05) is 152 Å². The maximum absolute atomic E-state index is 2.53. The molecule has 0 saturated carbocycles. The first kappa shape index (κ1) is 35.3. The van der Waals surface area contributed by atoms with Crippen LogP contribution in [-0.4, -0.2) is 4.57 Å². The van der Waals surface area contributed by atoms with E-state index < -0.39 is 0 Å². The molecule has 0 spiro atoms. The predicted molar refractivity (Wildman–Crippen MR) is 270 cm³/mol. The Bertz CT molecular complexity index is 3870. The van der Waals surface area contributed by atoms with Gasteiger partial charge in [-0.15, -0.1) is 22.7 Å². The second-order valence-corrected chi connectivity index (χ2v) is 18.1. The Morgan fingerprint density at radius 2 is 0.984 bits per heavy atom. The van der Waals surface area contributed by atoms with Gasteiger partial charge in [-0.3, -0.25) is 0 Å². The summed E-state index contributed by atoms with van der Waals surface area (Å²) in [6, 6.07) is 80.4. The topological polar surface area (TPSA) is 8.17 Å². The van der Waals surface area contributed by atoms with Crippen LogP contribution in [0, 0.1) is 0 Å². The maximum atomic E-state index is 2.53. The highest BCUT2D eigenvalue weighted by atomic mass is 32.1. The molecule has 0 unspecified atom stereocenters. The molecule has 13 aromatic rings. The molecule has 0 saturated heterocycles. The fourth-order valence-corrected chi connectivity index (χ4v) is 12.2. The fourth-order valence-electron chi connectivity index (χ4n) is 9.83. The summed E-state index contributed by atoms with van der Waals surface area (Å²) in [7, 11) is 0. The van der Waals surface area contributed by atoms with Crippen molar-refractivity contribution in [1.82, 2.24) is 4.57 Å². The van der Waals surface area contributed by atoms with Crippen LogP contribution in [-0.2, 0) is 0 Å². The van der Waals surface area contributed by atoms with E-state index in [0.717, 1.165) is 22.7 Å². The number of nitrogens with zero attached hydrogens (tertiary/aromatic N) is 2. The average molecular weight is 825 g/mol. The molecule has 0 fully saturated rings. The summed E-state index contributed by atoms with van der Waals surface area (Å²) in [5.74, 6) is 0. The number of rotatable bonds is 6. The molecule has 0 atom stereocenters. The summed E-state index contributed by atoms with van der Waals surface area (Å²) in [4.78, 5) is 2.53. The molecule has 0 radical (unpaired) electrons. The van der Waals surface area contributed by atoms with E-state index in [1.165, 1.54) is 95.2 Å². The van der Waals surface area contributed by atoms with Gasteiger partial charge in [0.1, 0.15) is 0 Å². The van der Waals surface area contributed by atoms with Crippen molar-refractivity contribution in [3.63, 3.8) is 0 Å². The van der Waals surface area contributed by atoms with Crippen molar-refractivity contribution in [2.24, 2.45) is 0 Å². The lowest BCUT2D eigenvalue weighted by Crippen LogP contribution is -2.11. The Hall–Kier alpha value is -7.50. The molecule has 62 heavy (non-hydrogen) atoms. The van der Waals surface area contributed by atoms with E-state index in [1.807, 2.05) is 22.7 Å². The minimum absolute atomic E-state index is 1.11. The van der Waals surface area contributed by atoms with Gasteiger partial charge in [0.2, 0.25) is 0 Å². The molecule has 0 aliphatic heterocycles. The van der Waals surface area contributed by atoms with Crippen molar-refractivity contribution in [3.8, 4) is 27.9 Å². The van der Waals surface area contributed by atoms with E-state index in [0.29, 0.717) is 0 Å². The SMILES string of the molecule is c1ccc(-n2c3ccccc3c3c(N(c4ccc(-c5cccc6ccccc56)cc4)c4ccc(-c5ccc6c(c5)sc5ccccc56)c5sc6ccccc6c45)cccc32)cc1. The Labute approximate surface area is 366 Å². The van der Waals surface area contributed by atoms with Crippen LogP contribution >= 0.6 is 22.7 Å². The van der Waals surface area contributed by atoms with E-state index in [2.05, 4.69) is 228 Å². The number of fused-ring (bicyclic) bond motifs is 10. The second-order valence-electron chi connectivity index (χ2n) is 16.0. The van der Waals surface area contributed by atoms with Gasteiger partial charge in [-0.25, -0.2) is 0 Å². The lowest BCUT2D eigenvalue weighted by atomic mass is 9.97. The predicted octanol–water partition coefficient (Wildman–Crippen LogP) is 17.5. The first-order valence-corrected chi connectivity index (χ1v) is 22.7. The molecule has 0 aliphatic carbocycles. The van der Waals surface area contributed by atoms with Crippen LogP contribution in [0.2, 0.25) is 0 Å². The Morgan fingerprint density at radius 1 is 0.355 bits per heavy atom. The average Bonchev–Trinajstić information content (AvgIpc) is 4.02. The highest BCUT2D eigenvalue weighted by molar-refractivity contribution is 7.26. The van der Waals surface area contributed by atoms with Gasteiger partial charge in [-0.05, 0) is 99.8 Å². The molecule has 3 aromatic heterocycles. The lowest BCUT2D eigenvalue weighted by molar-refractivity contribution is 1.18. The molecule has 13 rings (SSSR count). The zero-order chi connectivity index (χ0) is 40.7. The summed E-state index contributed by atoms with van der Waals surface area (Å²) in [5, 5.41) is 10.1. The normalized spacial score (nSPS) is 11.9. The molecule has 0 bridgehead atoms. The number of aromatic nitrogens is 1. The van der Waals surface area contributed by atoms with Crippen molar-refractivity contribution in [1.29, 1.82) is 0 Å². The first-order chi connectivity index (χ1) is 30.8. The van der Waals surface area contributed by atoms with Gasteiger partial charge < -0.3 is 9.47 Å². The highest BCUT2D eigenvalue weighted by Crippen LogP contribution is 2.51. The quantitative estimate of drug-likeness (QED) is 0.162. The van der Waals surface area contributed by atoms with E-state index in [4.69, 9.17) is 0 Å². The molecule has 10 aromatic carbocycles. The summed E-state index contributed by atoms with van der Waals surface area (Å²) in [6.45, 7) is 0. The lowest BCUT2D eigenvalue weighted by Gasteiger charge is -2.28. The van der Waals surface area contributed by atoms with Crippen molar-refractivity contribution in [3.05, 3.63) is 218 Å². The van der Waals surface area contributed by atoms with Crippen molar-refractivity contribution in [2.75, 3.05) is 4.90 Å². The monoisotopic (exact) mass is 824 g/mol. The van der Waals surface area contributed by atoms with Crippen LogP contribution < -0.4 is 4.90 Å². The number of thiophene rings is 2. The molecular weight excluding hydrogens is 789 g/mol. The van der Waals surface area contributed by atoms with E-state index >= 15 is 0 Å². The van der Waals surface area contributed by atoms with Crippen molar-refractivity contribution < 1.29 is 0 Å². The number of hydrogen-bond acceptors (Lipinski definition) is 3. The molecule has 3 heterocycles. The van der Waals surface area contributed by atoms with E-state index in [-0.39, 0.29) is 0 Å². The van der Waals surface area contributed by atoms with E-state index in [1.54, 1.807) is 0 Å². The Morgan fingerprint density at radius 3 is 1.84 bits per heavy atom. The molecule has 0 amide bonds. The number of anilines is 3. The molecule has 2 nitrogen and oxygen atoms in total. The third-order valence-corrected chi connectivity index (χ3v) is 14.9. The van der Waals surface area contributed by atoms with Gasteiger partial charge in [0, 0.05) is 62.5 Å². The first-order valence-electron chi connectivity index (χ1n) is 21.1. The third kappa shape index (κ3) is 5.41. The standard InChI is InChI=1S/C58H36N2S2/c1-2-16-40(17-3-1)59-49-23-9-6-20-47(49)56-50(59)24-13-25-51(56)60(41-31-28-38(29-32-41)43-22-12-15-37-14-4-5-18-42(37)43)52-35-34-44(58-57(52)48-21-8-11-27-54(48)62-58)39-30-33-46-45-19-7-10-26-53(45)61-55(46)36-39/h1-36H. The van der Waals surface area contributed by atoms with Crippen LogP contribution in [0.15, 0.2) is 218 Å². The number of hydrogen-bond donors (Lipinski definition) is 0. The van der Waals surface area contributed by atoms with Crippen LogP contribution in [0.5, 0.6) is 0 Å². The summed E-state index contributed by atoms with van der Waals surface area (Å²) < 4.78 is 7.63. The molecule has 0 N–H and O–H groups in total. The largest absolute Gasteiger partial charge is 0.309 e. The highest BCUT2D eigenvalue weighted by Gasteiger charge is 2.25. The van der Waals surface area contributed by atoms with Crippen molar-refractivity contribution in [2.45, 2.75) is 0 Å². The van der Waals surface area contributed by atoms with Gasteiger partial charge in [0.05, 0.1) is 22.4 Å². The number of para-hydroxylation sites is 2. The van der Waals surface area contributed by atoms with E-state index in [9.17, 15) is 0 Å². The molecule has 290 valence electrons. The minimum Gasteiger partial charge on any atom is -0.309 e. The zero-order valence-corrected chi connectivity index (χ0v) is 35.1.